The molecule has 160 valence electrons. The predicted molar refractivity (Wildman–Crippen MR) is 121 cm³/mol. The minimum Gasteiger partial charge on any atom is -0.375 e. The van der Waals surface area contributed by atoms with Crippen LogP contribution in [0.25, 0.3) is 0 Å². The molecule has 2 aliphatic rings. The second kappa shape index (κ2) is 9.19. The smallest absolute Gasteiger partial charge is 0.321 e. The molecule has 1 spiro atoms. The number of piperidine rings is 1. The molecule has 30 heavy (non-hydrogen) atoms. The third kappa shape index (κ3) is 5.02. The SMILES string of the molecule is Cc1cccc(NC(=O)N2CCC3(CC2)CC(N(C)Cc2ccccc2)CCO3)c1. The van der Waals surface area contributed by atoms with Gasteiger partial charge in [-0.2, -0.15) is 0 Å². The van der Waals surface area contributed by atoms with Crippen LogP contribution >= 0.6 is 0 Å². The molecule has 2 heterocycles. The lowest BCUT2D eigenvalue weighted by Crippen LogP contribution is -2.54. The second-order valence-electron chi connectivity index (χ2n) is 8.87. The zero-order chi connectivity index (χ0) is 21.0. The highest BCUT2D eigenvalue weighted by molar-refractivity contribution is 5.89. The molecule has 1 N–H and O–H groups in total. The molecule has 0 radical (unpaired) electrons. The summed E-state index contributed by atoms with van der Waals surface area (Å²) in [6.07, 6.45) is 3.93. The lowest BCUT2D eigenvalue weighted by atomic mass is 9.82. The van der Waals surface area contributed by atoms with E-state index in [1.54, 1.807) is 0 Å². The molecule has 0 aromatic heterocycles. The van der Waals surface area contributed by atoms with Crippen molar-refractivity contribution in [2.75, 3.05) is 32.1 Å². The third-order valence-corrected chi connectivity index (χ3v) is 6.60. The van der Waals surface area contributed by atoms with Crippen molar-refractivity contribution in [3.63, 3.8) is 0 Å². The molecule has 1 unspecified atom stereocenters. The molecule has 2 aromatic carbocycles. The number of anilines is 1. The van der Waals surface area contributed by atoms with Crippen LogP contribution in [0.4, 0.5) is 10.5 Å². The van der Waals surface area contributed by atoms with Gasteiger partial charge in [-0.15, -0.1) is 0 Å². The average molecular weight is 408 g/mol. The molecule has 5 heteroatoms. The fourth-order valence-corrected chi connectivity index (χ4v) is 4.77. The summed E-state index contributed by atoms with van der Waals surface area (Å²) < 4.78 is 6.31. The number of hydrogen-bond donors (Lipinski definition) is 1. The fraction of sp³-hybridized carbons (Fsp3) is 0.480. The van der Waals surface area contributed by atoms with Crippen LogP contribution in [0, 0.1) is 6.92 Å². The Kier molecular flexibility index (Phi) is 6.40. The number of amides is 2. The van der Waals surface area contributed by atoms with Gasteiger partial charge in [0, 0.05) is 38.0 Å². The number of rotatable bonds is 4. The van der Waals surface area contributed by atoms with E-state index in [0.717, 1.165) is 63.2 Å². The molecular formula is C25H33N3O2. The number of ether oxygens (including phenoxy) is 1. The largest absolute Gasteiger partial charge is 0.375 e. The van der Waals surface area contributed by atoms with Crippen LogP contribution in [-0.2, 0) is 11.3 Å². The maximum absolute atomic E-state index is 12.7. The topological polar surface area (TPSA) is 44.8 Å². The highest BCUT2D eigenvalue weighted by Crippen LogP contribution is 2.37. The number of urea groups is 1. The van der Waals surface area contributed by atoms with Crippen LogP contribution < -0.4 is 5.32 Å². The van der Waals surface area contributed by atoms with Crippen LogP contribution in [0.3, 0.4) is 0 Å². The minimum atomic E-state index is -0.0893. The lowest BCUT2D eigenvalue weighted by Gasteiger charge is -2.47. The first kappa shape index (κ1) is 20.9. The van der Waals surface area contributed by atoms with E-state index in [1.165, 1.54) is 5.56 Å². The molecule has 5 nitrogen and oxygen atoms in total. The Morgan fingerprint density at radius 3 is 2.67 bits per heavy atom. The lowest BCUT2D eigenvalue weighted by molar-refractivity contribution is -0.127. The van der Waals surface area contributed by atoms with Crippen molar-refractivity contribution >= 4 is 11.7 Å². The summed E-state index contributed by atoms with van der Waals surface area (Å²) in [6.45, 7) is 5.29. The number of carbonyl (C=O) groups excluding carboxylic acids is 1. The number of nitrogens with zero attached hydrogens (tertiary/aromatic N) is 2. The molecule has 2 amide bonds. The van der Waals surface area contributed by atoms with E-state index < -0.39 is 0 Å². The van der Waals surface area contributed by atoms with Crippen molar-refractivity contribution in [2.24, 2.45) is 0 Å². The Labute approximate surface area is 180 Å². The standard InChI is InChI=1S/C25H33N3O2/c1-20-7-6-10-22(17-20)26-24(29)28-14-12-25(13-15-28)18-23(11-16-30-25)27(2)19-21-8-4-3-5-9-21/h3-10,17,23H,11-16,18-19H2,1-2H3,(H,26,29). The van der Waals surface area contributed by atoms with Gasteiger partial charge in [0.05, 0.1) is 5.60 Å². The van der Waals surface area contributed by atoms with Gasteiger partial charge in [-0.05, 0) is 62.9 Å². The van der Waals surface area contributed by atoms with Crippen LogP contribution in [0.2, 0.25) is 0 Å². The Morgan fingerprint density at radius 1 is 1.17 bits per heavy atom. The van der Waals surface area contributed by atoms with Gasteiger partial charge >= 0.3 is 6.03 Å². The van der Waals surface area contributed by atoms with E-state index in [0.29, 0.717) is 6.04 Å². The highest BCUT2D eigenvalue weighted by Gasteiger charge is 2.42. The van der Waals surface area contributed by atoms with Gasteiger partial charge in [-0.25, -0.2) is 4.79 Å². The number of likely N-dealkylation sites (tertiary alicyclic amines) is 1. The average Bonchev–Trinajstić information content (AvgIpc) is 2.75. The van der Waals surface area contributed by atoms with Crippen molar-refractivity contribution in [3.05, 3.63) is 65.7 Å². The molecule has 2 fully saturated rings. The Morgan fingerprint density at radius 2 is 1.93 bits per heavy atom. The summed E-state index contributed by atoms with van der Waals surface area (Å²) in [5, 5.41) is 3.04. The number of nitrogens with one attached hydrogen (secondary N) is 1. The first-order chi connectivity index (χ1) is 14.5. The highest BCUT2D eigenvalue weighted by atomic mass is 16.5. The van der Waals surface area contributed by atoms with Gasteiger partial charge in [-0.3, -0.25) is 4.90 Å². The van der Waals surface area contributed by atoms with E-state index in [4.69, 9.17) is 4.74 Å². The van der Waals surface area contributed by atoms with Crippen LogP contribution in [0.5, 0.6) is 0 Å². The number of hydrogen-bond acceptors (Lipinski definition) is 3. The first-order valence-corrected chi connectivity index (χ1v) is 11.0. The maximum Gasteiger partial charge on any atom is 0.321 e. The molecule has 2 aromatic rings. The second-order valence-corrected chi connectivity index (χ2v) is 8.87. The number of aryl methyl sites for hydroxylation is 1. The third-order valence-electron chi connectivity index (χ3n) is 6.60. The molecule has 1 atom stereocenters. The van der Waals surface area contributed by atoms with E-state index in [1.807, 2.05) is 36.1 Å². The summed E-state index contributed by atoms with van der Waals surface area (Å²) in [6, 6.07) is 19.1. The van der Waals surface area contributed by atoms with Gasteiger partial charge in [-0.1, -0.05) is 42.5 Å². The van der Waals surface area contributed by atoms with E-state index in [-0.39, 0.29) is 11.6 Å². The summed E-state index contributed by atoms with van der Waals surface area (Å²) in [5.74, 6) is 0. The molecule has 2 aliphatic heterocycles. The van der Waals surface area contributed by atoms with E-state index >= 15 is 0 Å². The molecular weight excluding hydrogens is 374 g/mol. The monoisotopic (exact) mass is 407 g/mol. The summed E-state index contributed by atoms with van der Waals surface area (Å²) in [4.78, 5) is 17.1. The van der Waals surface area contributed by atoms with Crippen molar-refractivity contribution in [3.8, 4) is 0 Å². The summed E-state index contributed by atoms with van der Waals surface area (Å²) in [7, 11) is 2.22. The van der Waals surface area contributed by atoms with Gasteiger partial charge in [0.2, 0.25) is 0 Å². The van der Waals surface area contributed by atoms with E-state index in [2.05, 4.69) is 47.6 Å². The van der Waals surface area contributed by atoms with Crippen molar-refractivity contribution < 1.29 is 9.53 Å². The predicted octanol–water partition coefficient (Wildman–Crippen LogP) is 4.67. The Balaban J connectivity index is 1.31. The fourth-order valence-electron chi connectivity index (χ4n) is 4.77. The zero-order valence-corrected chi connectivity index (χ0v) is 18.1. The Bertz CT molecular complexity index is 846. The number of carbonyl (C=O) groups is 1. The van der Waals surface area contributed by atoms with Gasteiger partial charge in [0.15, 0.2) is 0 Å². The Hall–Kier alpha value is -2.37. The van der Waals surface area contributed by atoms with Crippen molar-refractivity contribution in [1.82, 2.24) is 9.80 Å². The molecule has 0 bridgehead atoms. The molecule has 4 rings (SSSR count). The summed E-state index contributed by atoms with van der Waals surface area (Å²) in [5.41, 5.74) is 3.26. The molecule has 2 saturated heterocycles. The van der Waals surface area contributed by atoms with Crippen molar-refractivity contribution in [2.45, 2.75) is 50.8 Å². The normalized spacial score (nSPS) is 21.0. The van der Waals surface area contributed by atoms with Gasteiger partial charge < -0.3 is 15.0 Å². The van der Waals surface area contributed by atoms with E-state index in [9.17, 15) is 4.79 Å². The van der Waals surface area contributed by atoms with Crippen LogP contribution in [0.1, 0.15) is 36.8 Å². The van der Waals surface area contributed by atoms with Crippen LogP contribution in [0.15, 0.2) is 54.6 Å². The first-order valence-electron chi connectivity index (χ1n) is 11.0. The molecule has 0 saturated carbocycles. The zero-order valence-electron chi connectivity index (χ0n) is 18.1. The van der Waals surface area contributed by atoms with Gasteiger partial charge in [0.25, 0.3) is 0 Å². The maximum atomic E-state index is 12.7. The summed E-state index contributed by atoms with van der Waals surface area (Å²) >= 11 is 0. The van der Waals surface area contributed by atoms with Gasteiger partial charge in [0.1, 0.15) is 0 Å². The molecule has 0 aliphatic carbocycles. The number of benzene rings is 2. The van der Waals surface area contributed by atoms with Crippen LogP contribution in [-0.4, -0.2) is 54.2 Å². The van der Waals surface area contributed by atoms with Crippen molar-refractivity contribution in [1.29, 1.82) is 0 Å². The quantitative estimate of drug-likeness (QED) is 0.801. The minimum absolute atomic E-state index is 0.0102.